The van der Waals surface area contributed by atoms with Gasteiger partial charge in [0.25, 0.3) is 0 Å². The largest absolute Gasteiger partial charge is 0.465 e. The van der Waals surface area contributed by atoms with E-state index in [0.29, 0.717) is 29.4 Å². The minimum atomic E-state index is -0.284. The van der Waals surface area contributed by atoms with Crippen LogP contribution in [0.1, 0.15) is 12.6 Å². The van der Waals surface area contributed by atoms with Gasteiger partial charge in [-0.2, -0.15) is 0 Å². The third kappa shape index (κ3) is 5.84. The lowest BCUT2D eigenvalue weighted by atomic mass is 10.2. The zero-order valence-electron chi connectivity index (χ0n) is 16.4. The second kappa shape index (κ2) is 9.94. The summed E-state index contributed by atoms with van der Waals surface area (Å²) in [5.74, 6) is 0.219. The van der Waals surface area contributed by atoms with Crippen molar-refractivity contribution in [1.29, 1.82) is 0 Å². The van der Waals surface area contributed by atoms with Crippen LogP contribution in [-0.2, 0) is 20.7 Å². The van der Waals surface area contributed by atoms with Crippen LogP contribution >= 0.6 is 34.4 Å². The second-order valence-corrected chi connectivity index (χ2v) is 9.54. The number of hydrogen-bond donors (Lipinski definition) is 1. The van der Waals surface area contributed by atoms with Gasteiger partial charge < -0.3 is 10.1 Å². The Morgan fingerprint density at radius 1 is 1.23 bits per heavy atom. The Bertz CT molecular complexity index is 1210. The van der Waals surface area contributed by atoms with Crippen molar-refractivity contribution in [1.82, 2.24) is 19.9 Å². The predicted molar refractivity (Wildman–Crippen MR) is 122 cm³/mol. The molecule has 4 rings (SSSR count). The molecule has 158 valence electrons. The Balaban J connectivity index is 1.35. The first kappa shape index (κ1) is 21.3. The average molecular weight is 472 g/mol. The van der Waals surface area contributed by atoms with Gasteiger partial charge in [0.05, 0.1) is 28.5 Å². The number of nitrogens with zero attached hydrogens (tertiary/aromatic N) is 4. The van der Waals surface area contributed by atoms with Crippen LogP contribution in [0, 0.1) is 0 Å². The van der Waals surface area contributed by atoms with Crippen LogP contribution in [0.2, 0.25) is 0 Å². The summed E-state index contributed by atoms with van der Waals surface area (Å²) in [6.45, 7) is 1.75. The molecule has 1 aromatic carbocycles. The molecule has 0 aliphatic rings. The lowest BCUT2D eigenvalue weighted by Gasteiger charge is -2.03. The highest BCUT2D eigenvalue weighted by atomic mass is 32.2. The fraction of sp³-hybridized carbons (Fsp3) is 0.200. The number of aromatic nitrogens is 4. The molecular weight excluding hydrogens is 454 g/mol. The van der Waals surface area contributed by atoms with Crippen LogP contribution < -0.4 is 5.32 Å². The van der Waals surface area contributed by atoms with Gasteiger partial charge in [0.2, 0.25) is 5.91 Å². The third-order valence-electron chi connectivity index (χ3n) is 3.94. The van der Waals surface area contributed by atoms with E-state index in [0.717, 1.165) is 19.6 Å². The zero-order chi connectivity index (χ0) is 21.6. The van der Waals surface area contributed by atoms with Gasteiger partial charge in [-0.05, 0) is 18.2 Å². The Hall–Kier alpha value is -2.89. The minimum Gasteiger partial charge on any atom is -0.465 e. The average Bonchev–Trinajstić information content (AvgIpc) is 3.38. The highest BCUT2D eigenvalue weighted by Crippen LogP contribution is 2.31. The molecule has 4 aromatic rings. The van der Waals surface area contributed by atoms with Gasteiger partial charge >= 0.3 is 5.97 Å². The number of thiazole rings is 2. The van der Waals surface area contributed by atoms with E-state index in [1.165, 1.54) is 41.4 Å². The molecule has 31 heavy (non-hydrogen) atoms. The molecule has 1 amide bonds. The normalized spacial score (nSPS) is 10.9. The topological polar surface area (TPSA) is 107 Å². The maximum atomic E-state index is 12.5. The highest BCUT2D eigenvalue weighted by Gasteiger charge is 2.11. The standard InChI is InChI=1S/C20H17N5O3S3/c1-12(26)28-6-7-29-20-25-15-3-2-13(8-17(15)31-20)23-18(27)9-14-11-30-19(24-14)16-10-21-4-5-22-16/h2-5,8,10-11H,6-7,9H2,1H3,(H,23,27). The van der Waals surface area contributed by atoms with Crippen LogP contribution in [0.25, 0.3) is 20.9 Å². The first-order chi connectivity index (χ1) is 15.1. The van der Waals surface area contributed by atoms with E-state index in [1.54, 1.807) is 18.6 Å². The van der Waals surface area contributed by atoms with Crippen LogP contribution in [0.4, 0.5) is 5.69 Å². The molecule has 8 nitrogen and oxygen atoms in total. The molecule has 3 aromatic heterocycles. The van der Waals surface area contributed by atoms with Crippen molar-refractivity contribution in [2.75, 3.05) is 17.7 Å². The van der Waals surface area contributed by atoms with Crippen LogP contribution in [0.3, 0.4) is 0 Å². The number of amides is 1. The lowest BCUT2D eigenvalue weighted by Crippen LogP contribution is -2.14. The molecule has 1 N–H and O–H groups in total. The first-order valence-electron chi connectivity index (χ1n) is 9.24. The van der Waals surface area contributed by atoms with Crippen molar-refractivity contribution >= 4 is 62.2 Å². The monoisotopic (exact) mass is 471 g/mol. The predicted octanol–water partition coefficient (Wildman–Crippen LogP) is 4.05. The van der Waals surface area contributed by atoms with E-state index in [-0.39, 0.29) is 18.3 Å². The molecule has 0 saturated heterocycles. The Morgan fingerprint density at radius 2 is 2.13 bits per heavy atom. The second-order valence-electron chi connectivity index (χ2n) is 6.31. The zero-order valence-corrected chi connectivity index (χ0v) is 18.9. The van der Waals surface area contributed by atoms with Crippen LogP contribution in [-0.4, -0.2) is 44.2 Å². The molecule has 0 unspecified atom stereocenters. The smallest absolute Gasteiger partial charge is 0.302 e. The fourth-order valence-corrected chi connectivity index (χ4v) is 5.42. The molecule has 11 heteroatoms. The van der Waals surface area contributed by atoms with E-state index >= 15 is 0 Å². The van der Waals surface area contributed by atoms with Crippen LogP contribution in [0.5, 0.6) is 0 Å². The molecule has 0 saturated carbocycles. The number of carbonyl (C=O) groups is 2. The van der Waals surface area contributed by atoms with Crippen molar-refractivity contribution in [3.8, 4) is 10.7 Å². The number of ether oxygens (including phenoxy) is 1. The number of hydrogen-bond acceptors (Lipinski definition) is 10. The number of anilines is 1. The Kier molecular flexibility index (Phi) is 6.85. The van der Waals surface area contributed by atoms with Gasteiger partial charge in [-0.1, -0.05) is 11.8 Å². The minimum absolute atomic E-state index is 0.143. The fourth-order valence-electron chi connectivity index (χ4n) is 2.64. The number of rotatable bonds is 8. The summed E-state index contributed by atoms with van der Waals surface area (Å²) in [4.78, 5) is 40.6. The molecule has 0 fully saturated rings. The highest BCUT2D eigenvalue weighted by molar-refractivity contribution is 8.01. The lowest BCUT2D eigenvalue weighted by molar-refractivity contribution is -0.140. The molecule has 0 aliphatic heterocycles. The third-order valence-corrected chi connectivity index (χ3v) is 6.98. The first-order valence-corrected chi connectivity index (χ1v) is 11.9. The molecular formula is C20H17N5O3S3. The number of fused-ring (bicyclic) bond motifs is 1. The molecule has 0 radical (unpaired) electrons. The summed E-state index contributed by atoms with van der Waals surface area (Å²) < 4.78 is 6.81. The van der Waals surface area contributed by atoms with Gasteiger partial charge in [0.15, 0.2) is 4.34 Å². The Labute approximate surface area is 190 Å². The van der Waals surface area contributed by atoms with Gasteiger partial charge in [-0.3, -0.25) is 19.6 Å². The van der Waals surface area contributed by atoms with E-state index < -0.39 is 0 Å². The summed E-state index contributed by atoms with van der Waals surface area (Å²) >= 11 is 4.51. The maximum Gasteiger partial charge on any atom is 0.302 e. The number of thioether (sulfide) groups is 1. The van der Waals surface area contributed by atoms with E-state index in [9.17, 15) is 9.59 Å². The van der Waals surface area contributed by atoms with Crippen molar-refractivity contribution in [3.63, 3.8) is 0 Å². The van der Waals surface area contributed by atoms with Crippen molar-refractivity contribution in [3.05, 3.63) is 47.9 Å². The summed E-state index contributed by atoms with van der Waals surface area (Å²) in [5, 5.41) is 5.51. The number of benzene rings is 1. The maximum absolute atomic E-state index is 12.5. The van der Waals surface area contributed by atoms with Crippen molar-refractivity contribution < 1.29 is 14.3 Å². The summed E-state index contributed by atoms with van der Waals surface area (Å²) in [5.41, 5.74) is 2.96. The Morgan fingerprint density at radius 3 is 2.94 bits per heavy atom. The van der Waals surface area contributed by atoms with Gasteiger partial charge in [-0.25, -0.2) is 9.97 Å². The summed E-state index contributed by atoms with van der Waals surface area (Å²) in [6.07, 6.45) is 5.04. The summed E-state index contributed by atoms with van der Waals surface area (Å²) in [7, 11) is 0. The number of nitrogens with one attached hydrogen (secondary N) is 1. The van der Waals surface area contributed by atoms with Crippen LogP contribution in [0.15, 0.2) is 46.5 Å². The van der Waals surface area contributed by atoms with Gasteiger partial charge in [0, 0.05) is 36.1 Å². The molecule has 0 bridgehead atoms. The molecule has 0 aliphatic carbocycles. The molecule has 3 heterocycles. The SMILES string of the molecule is CC(=O)OCCSc1nc2ccc(NC(=O)Cc3csc(-c4cnccn4)n3)cc2s1. The number of carbonyl (C=O) groups excluding carboxylic acids is 2. The van der Waals surface area contributed by atoms with Crippen molar-refractivity contribution in [2.24, 2.45) is 0 Å². The van der Waals surface area contributed by atoms with E-state index in [1.807, 2.05) is 23.6 Å². The van der Waals surface area contributed by atoms with E-state index in [4.69, 9.17) is 4.74 Å². The summed E-state index contributed by atoms with van der Waals surface area (Å²) in [6, 6.07) is 5.62. The van der Waals surface area contributed by atoms with Gasteiger partial charge in [0.1, 0.15) is 17.3 Å². The van der Waals surface area contributed by atoms with E-state index in [2.05, 4.69) is 25.3 Å². The molecule has 0 spiro atoms. The molecule has 0 atom stereocenters. The quantitative estimate of drug-likeness (QED) is 0.233. The van der Waals surface area contributed by atoms with Gasteiger partial charge in [-0.15, -0.1) is 22.7 Å². The number of esters is 1. The van der Waals surface area contributed by atoms with Crippen molar-refractivity contribution in [2.45, 2.75) is 17.7 Å².